The fraction of sp³-hybridized carbons (Fsp3) is 0.320. The maximum atomic E-state index is 13.5. The number of benzene rings is 2. The number of carboxylic acid groups (broad SMARTS) is 1. The Morgan fingerprint density at radius 3 is 1.77 bits per heavy atom. The molecule has 4 nitrogen and oxygen atoms in total. The zero-order valence-corrected chi connectivity index (χ0v) is 17.8. The van der Waals surface area contributed by atoms with Crippen molar-refractivity contribution in [3.63, 3.8) is 0 Å². The zero-order valence-electron chi connectivity index (χ0n) is 17.8. The lowest BCUT2D eigenvalue weighted by molar-refractivity contribution is -0.139. The van der Waals surface area contributed by atoms with E-state index in [0.29, 0.717) is 0 Å². The van der Waals surface area contributed by atoms with Crippen LogP contribution in [0.3, 0.4) is 0 Å². The van der Waals surface area contributed by atoms with Crippen LogP contribution in [0.5, 0.6) is 0 Å². The molecule has 2 aromatic rings. The lowest BCUT2D eigenvalue weighted by atomic mass is 9.79. The Bertz CT molecular complexity index is 891. The highest BCUT2D eigenvalue weighted by Crippen LogP contribution is 2.37. The van der Waals surface area contributed by atoms with Gasteiger partial charge in [0.2, 0.25) is 0 Å². The first-order valence-electron chi connectivity index (χ1n) is 10.00. The van der Waals surface area contributed by atoms with E-state index in [2.05, 4.69) is 0 Å². The standard InChI is InChI=1S/C25H28F2O4/c1-25(2,3)22(13-12-20(28)14-21(29)15-23(30)31)24(16-4-8-18(26)9-5-16)17-6-10-19(27)11-7-17/h4-13,20-21,28-29H,14-15H2,1-3H3,(H,30,31)/b13-12+. The second-order valence-corrected chi connectivity index (χ2v) is 8.47. The van der Waals surface area contributed by atoms with Gasteiger partial charge in [-0.05, 0) is 52.0 Å². The van der Waals surface area contributed by atoms with Gasteiger partial charge < -0.3 is 15.3 Å². The first kappa shape index (κ1) is 24.4. The maximum Gasteiger partial charge on any atom is 0.305 e. The number of aliphatic hydroxyl groups is 2. The van der Waals surface area contributed by atoms with Gasteiger partial charge in [0.05, 0.1) is 18.6 Å². The Labute approximate surface area is 181 Å². The van der Waals surface area contributed by atoms with Gasteiger partial charge in [-0.1, -0.05) is 57.2 Å². The molecule has 2 rings (SSSR count). The van der Waals surface area contributed by atoms with Crippen molar-refractivity contribution in [1.29, 1.82) is 0 Å². The molecule has 0 bridgehead atoms. The van der Waals surface area contributed by atoms with Gasteiger partial charge in [0.25, 0.3) is 0 Å². The van der Waals surface area contributed by atoms with Gasteiger partial charge in [-0.15, -0.1) is 0 Å². The molecule has 0 aliphatic carbocycles. The van der Waals surface area contributed by atoms with Crippen molar-refractivity contribution in [3.8, 4) is 0 Å². The van der Waals surface area contributed by atoms with Crippen LogP contribution in [-0.2, 0) is 4.79 Å². The van der Waals surface area contributed by atoms with Gasteiger partial charge in [0.1, 0.15) is 11.6 Å². The van der Waals surface area contributed by atoms with Crippen molar-refractivity contribution in [3.05, 3.63) is 89.0 Å². The third kappa shape index (κ3) is 7.42. The maximum absolute atomic E-state index is 13.5. The van der Waals surface area contributed by atoms with Crippen LogP contribution >= 0.6 is 0 Å². The average Bonchev–Trinajstić information content (AvgIpc) is 2.65. The van der Waals surface area contributed by atoms with E-state index in [9.17, 15) is 23.8 Å². The molecule has 0 heterocycles. The minimum absolute atomic E-state index is 0.122. The summed E-state index contributed by atoms with van der Waals surface area (Å²) in [7, 11) is 0. The summed E-state index contributed by atoms with van der Waals surface area (Å²) in [4.78, 5) is 10.7. The highest BCUT2D eigenvalue weighted by molar-refractivity contribution is 5.84. The summed E-state index contributed by atoms with van der Waals surface area (Å²) < 4.78 is 27.1. The fourth-order valence-corrected chi connectivity index (χ4v) is 3.27. The smallest absolute Gasteiger partial charge is 0.305 e. The summed E-state index contributed by atoms with van der Waals surface area (Å²) >= 11 is 0. The van der Waals surface area contributed by atoms with Crippen LogP contribution in [0.2, 0.25) is 0 Å². The summed E-state index contributed by atoms with van der Waals surface area (Å²) in [5.41, 5.74) is 2.60. The van der Waals surface area contributed by atoms with Crippen LogP contribution in [0.15, 0.2) is 66.3 Å². The first-order valence-corrected chi connectivity index (χ1v) is 10.00. The minimum atomic E-state index is -1.17. The largest absolute Gasteiger partial charge is 0.481 e. The van der Waals surface area contributed by atoms with Gasteiger partial charge in [-0.2, -0.15) is 0 Å². The van der Waals surface area contributed by atoms with E-state index >= 15 is 0 Å². The van der Waals surface area contributed by atoms with Crippen molar-refractivity contribution in [2.45, 2.75) is 45.8 Å². The van der Waals surface area contributed by atoms with Crippen molar-refractivity contribution >= 4 is 11.5 Å². The number of rotatable bonds is 8. The van der Waals surface area contributed by atoms with E-state index in [0.717, 1.165) is 22.3 Å². The van der Waals surface area contributed by atoms with Crippen molar-refractivity contribution in [1.82, 2.24) is 0 Å². The highest BCUT2D eigenvalue weighted by atomic mass is 19.1. The molecule has 31 heavy (non-hydrogen) atoms. The summed E-state index contributed by atoms with van der Waals surface area (Å²) in [5.74, 6) is -1.90. The number of aliphatic hydroxyl groups excluding tert-OH is 2. The molecule has 0 radical (unpaired) electrons. The van der Waals surface area contributed by atoms with Crippen molar-refractivity contribution < 1.29 is 28.9 Å². The second-order valence-electron chi connectivity index (χ2n) is 8.47. The van der Waals surface area contributed by atoms with Gasteiger partial charge in [0, 0.05) is 6.42 Å². The fourth-order valence-electron chi connectivity index (χ4n) is 3.27. The summed E-state index contributed by atoms with van der Waals surface area (Å²) in [6.07, 6.45) is 0.410. The van der Waals surface area contributed by atoms with Crippen LogP contribution in [0, 0.1) is 17.0 Å². The number of hydrogen-bond acceptors (Lipinski definition) is 3. The van der Waals surface area contributed by atoms with Crippen LogP contribution in [-0.4, -0.2) is 33.5 Å². The first-order chi connectivity index (χ1) is 14.5. The average molecular weight is 430 g/mol. The Morgan fingerprint density at radius 2 is 1.39 bits per heavy atom. The number of hydrogen-bond donors (Lipinski definition) is 3. The van der Waals surface area contributed by atoms with Crippen LogP contribution in [0.4, 0.5) is 8.78 Å². The second kappa shape index (κ2) is 10.5. The van der Waals surface area contributed by atoms with Gasteiger partial charge in [0.15, 0.2) is 0 Å². The molecule has 6 heteroatoms. The van der Waals surface area contributed by atoms with Crippen molar-refractivity contribution in [2.24, 2.45) is 5.41 Å². The normalized spacial score (nSPS) is 13.8. The SMILES string of the molecule is CC(C)(C)C(/C=C/C(O)CC(O)CC(=O)O)=C(c1ccc(F)cc1)c1ccc(F)cc1. The lowest BCUT2D eigenvalue weighted by Gasteiger charge is -2.26. The molecule has 0 saturated heterocycles. The Kier molecular flexibility index (Phi) is 8.25. The predicted octanol–water partition coefficient (Wildman–Crippen LogP) is 4.96. The molecule has 166 valence electrons. The number of carbonyl (C=O) groups is 1. The van der Waals surface area contributed by atoms with Crippen LogP contribution in [0.1, 0.15) is 44.7 Å². The van der Waals surface area contributed by atoms with E-state index in [1.807, 2.05) is 20.8 Å². The van der Waals surface area contributed by atoms with Gasteiger partial charge in [-0.3, -0.25) is 4.79 Å². The molecule has 2 aromatic carbocycles. The molecular formula is C25H28F2O4. The molecule has 0 spiro atoms. The number of allylic oxidation sites excluding steroid dienone is 2. The number of carboxylic acids is 1. The quantitative estimate of drug-likeness (QED) is 0.518. The molecule has 0 aliphatic rings. The third-order valence-electron chi connectivity index (χ3n) is 4.75. The van der Waals surface area contributed by atoms with Crippen molar-refractivity contribution in [2.75, 3.05) is 0 Å². The molecule has 2 unspecified atom stereocenters. The zero-order chi connectivity index (χ0) is 23.2. The highest BCUT2D eigenvalue weighted by Gasteiger charge is 2.22. The van der Waals surface area contributed by atoms with Crippen LogP contribution < -0.4 is 0 Å². The molecule has 0 amide bonds. The summed E-state index contributed by atoms with van der Waals surface area (Å²) in [6, 6.07) is 11.9. The summed E-state index contributed by atoms with van der Waals surface area (Å²) in [5, 5.41) is 28.8. The molecule has 3 N–H and O–H groups in total. The van der Waals surface area contributed by atoms with E-state index in [1.165, 1.54) is 30.3 Å². The summed E-state index contributed by atoms with van der Waals surface area (Å²) in [6.45, 7) is 5.93. The van der Waals surface area contributed by atoms with E-state index < -0.39 is 30.0 Å². The molecule has 0 aliphatic heterocycles. The Morgan fingerprint density at radius 1 is 0.935 bits per heavy atom. The molecule has 2 atom stereocenters. The Balaban J connectivity index is 2.55. The number of halogens is 2. The Hall–Kier alpha value is -2.83. The molecule has 0 aromatic heterocycles. The number of aliphatic carboxylic acids is 1. The third-order valence-corrected chi connectivity index (χ3v) is 4.75. The van der Waals surface area contributed by atoms with E-state index in [4.69, 9.17) is 5.11 Å². The monoisotopic (exact) mass is 430 g/mol. The van der Waals surface area contributed by atoms with Gasteiger partial charge >= 0.3 is 5.97 Å². The molecular weight excluding hydrogens is 402 g/mol. The van der Waals surface area contributed by atoms with Gasteiger partial charge in [-0.25, -0.2) is 8.78 Å². The molecule has 0 saturated carbocycles. The molecule has 0 fully saturated rings. The van der Waals surface area contributed by atoms with E-state index in [-0.39, 0.29) is 18.1 Å². The minimum Gasteiger partial charge on any atom is -0.481 e. The van der Waals surface area contributed by atoms with Crippen LogP contribution in [0.25, 0.3) is 5.57 Å². The topological polar surface area (TPSA) is 77.8 Å². The predicted molar refractivity (Wildman–Crippen MR) is 116 cm³/mol. The van der Waals surface area contributed by atoms with E-state index in [1.54, 1.807) is 30.3 Å². The lowest BCUT2D eigenvalue weighted by Crippen LogP contribution is -2.19.